The first-order chi connectivity index (χ1) is 10.2. The van der Waals surface area contributed by atoms with Gasteiger partial charge in [-0.25, -0.2) is 9.97 Å². The van der Waals surface area contributed by atoms with Crippen LogP contribution in [0.3, 0.4) is 0 Å². The molecule has 2 aliphatic carbocycles. The number of aromatic nitrogens is 2. The smallest absolute Gasteiger partial charge is 0.136 e. The number of nitrogens with one attached hydrogen (secondary N) is 2. The Kier molecular flexibility index (Phi) is 4.32. The van der Waals surface area contributed by atoms with Gasteiger partial charge in [0.05, 0.1) is 0 Å². The van der Waals surface area contributed by atoms with Gasteiger partial charge in [-0.15, -0.1) is 0 Å². The zero-order valence-electron chi connectivity index (χ0n) is 13.5. The summed E-state index contributed by atoms with van der Waals surface area (Å²) in [6, 6.07) is 2.63. The predicted molar refractivity (Wildman–Crippen MR) is 87.8 cm³/mol. The summed E-state index contributed by atoms with van der Waals surface area (Å²) in [7, 11) is 0. The normalized spacial score (nSPS) is 28.6. The third-order valence-electron chi connectivity index (χ3n) is 5.13. The van der Waals surface area contributed by atoms with E-state index in [4.69, 9.17) is 4.98 Å². The van der Waals surface area contributed by atoms with Gasteiger partial charge in [0.1, 0.15) is 17.5 Å². The summed E-state index contributed by atoms with van der Waals surface area (Å²) in [4.78, 5) is 9.41. The van der Waals surface area contributed by atoms with Gasteiger partial charge >= 0.3 is 0 Å². The third kappa shape index (κ3) is 3.30. The lowest BCUT2D eigenvalue weighted by molar-refractivity contribution is 0.391. The molecule has 4 nitrogen and oxygen atoms in total. The highest BCUT2D eigenvalue weighted by atomic mass is 15.1. The van der Waals surface area contributed by atoms with Crippen molar-refractivity contribution in [2.45, 2.75) is 64.8 Å². The van der Waals surface area contributed by atoms with Gasteiger partial charge in [0.25, 0.3) is 0 Å². The standard InChI is InChI=1S/C17H28N4/c1-4-12-8-9-14(11(12)3)19-16-10-15(18-5-2)20-17(21-16)13-6-7-13/h10-14H,4-9H2,1-3H3,(H2,18,19,20,21). The van der Waals surface area contributed by atoms with Crippen molar-refractivity contribution in [1.82, 2.24) is 9.97 Å². The van der Waals surface area contributed by atoms with Crippen LogP contribution in [-0.2, 0) is 0 Å². The van der Waals surface area contributed by atoms with Gasteiger partial charge < -0.3 is 10.6 Å². The first kappa shape index (κ1) is 14.6. The van der Waals surface area contributed by atoms with Crippen LogP contribution in [0.4, 0.5) is 11.6 Å². The summed E-state index contributed by atoms with van der Waals surface area (Å²) in [5.41, 5.74) is 0. The first-order valence-electron chi connectivity index (χ1n) is 8.60. The maximum Gasteiger partial charge on any atom is 0.136 e. The van der Waals surface area contributed by atoms with E-state index < -0.39 is 0 Å². The van der Waals surface area contributed by atoms with E-state index in [1.165, 1.54) is 32.1 Å². The van der Waals surface area contributed by atoms with Crippen LogP contribution in [0, 0.1) is 11.8 Å². The number of hydrogen-bond donors (Lipinski definition) is 2. The molecule has 2 aliphatic rings. The van der Waals surface area contributed by atoms with Gasteiger partial charge in [-0.3, -0.25) is 0 Å². The molecule has 3 unspecified atom stereocenters. The highest BCUT2D eigenvalue weighted by Gasteiger charge is 2.32. The Morgan fingerprint density at radius 3 is 2.48 bits per heavy atom. The van der Waals surface area contributed by atoms with E-state index in [0.717, 1.165) is 35.8 Å². The Morgan fingerprint density at radius 1 is 1.10 bits per heavy atom. The molecule has 3 rings (SSSR count). The fourth-order valence-corrected chi connectivity index (χ4v) is 3.55. The summed E-state index contributed by atoms with van der Waals surface area (Å²) >= 11 is 0. The molecule has 0 spiro atoms. The topological polar surface area (TPSA) is 49.8 Å². The van der Waals surface area contributed by atoms with Crippen molar-refractivity contribution in [1.29, 1.82) is 0 Å². The van der Waals surface area contributed by atoms with Crippen LogP contribution >= 0.6 is 0 Å². The Morgan fingerprint density at radius 2 is 1.86 bits per heavy atom. The molecule has 1 aromatic rings. The average molecular weight is 288 g/mol. The second-order valence-corrected chi connectivity index (χ2v) is 6.66. The Labute approximate surface area is 128 Å². The third-order valence-corrected chi connectivity index (χ3v) is 5.13. The Hall–Kier alpha value is -1.32. The number of anilines is 2. The van der Waals surface area contributed by atoms with Crippen molar-refractivity contribution in [3.05, 3.63) is 11.9 Å². The lowest BCUT2D eigenvalue weighted by Gasteiger charge is -2.22. The zero-order chi connectivity index (χ0) is 14.8. The molecule has 0 saturated heterocycles. The van der Waals surface area contributed by atoms with E-state index in [0.29, 0.717) is 12.0 Å². The minimum atomic E-state index is 0.561. The molecule has 1 heterocycles. The molecule has 2 N–H and O–H groups in total. The number of hydrogen-bond acceptors (Lipinski definition) is 4. The highest BCUT2D eigenvalue weighted by Crippen LogP contribution is 2.39. The fraction of sp³-hybridized carbons (Fsp3) is 0.765. The molecule has 4 heteroatoms. The second kappa shape index (κ2) is 6.20. The molecule has 2 saturated carbocycles. The van der Waals surface area contributed by atoms with Crippen molar-refractivity contribution in [3.8, 4) is 0 Å². The molecule has 0 aliphatic heterocycles. The summed E-state index contributed by atoms with van der Waals surface area (Å²) in [6.45, 7) is 7.70. The summed E-state index contributed by atoms with van der Waals surface area (Å²) < 4.78 is 0. The molecular formula is C17H28N4. The lowest BCUT2D eigenvalue weighted by Crippen LogP contribution is -2.25. The zero-order valence-corrected chi connectivity index (χ0v) is 13.5. The van der Waals surface area contributed by atoms with E-state index in [-0.39, 0.29) is 0 Å². The summed E-state index contributed by atoms with van der Waals surface area (Å²) in [5, 5.41) is 7.02. The number of nitrogens with zero attached hydrogens (tertiary/aromatic N) is 2. The molecule has 0 aromatic carbocycles. The van der Waals surface area contributed by atoms with Crippen molar-refractivity contribution in [3.63, 3.8) is 0 Å². The van der Waals surface area contributed by atoms with Crippen LogP contribution in [0.1, 0.15) is 64.6 Å². The first-order valence-corrected chi connectivity index (χ1v) is 8.60. The van der Waals surface area contributed by atoms with Gasteiger partial charge in [0.2, 0.25) is 0 Å². The quantitative estimate of drug-likeness (QED) is 0.830. The largest absolute Gasteiger partial charge is 0.370 e. The van der Waals surface area contributed by atoms with E-state index >= 15 is 0 Å². The van der Waals surface area contributed by atoms with Gasteiger partial charge in [0.15, 0.2) is 0 Å². The molecular weight excluding hydrogens is 260 g/mol. The average Bonchev–Trinajstić information content (AvgIpc) is 3.26. The number of rotatable bonds is 6. The van der Waals surface area contributed by atoms with Crippen LogP contribution in [-0.4, -0.2) is 22.6 Å². The van der Waals surface area contributed by atoms with Crippen LogP contribution in [0.15, 0.2) is 6.07 Å². The van der Waals surface area contributed by atoms with E-state index in [2.05, 4.69) is 42.5 Å². The molecule has 1 aromatic heterocycles. The molecule has 116 valence electrons. The minimum Gasteiger partial charge on any atom is -0.370 e. The molecule has 0 radical (unpaired) electrons. The predicted octanol–water partition coefficient (Wildman–Crippen LogP) is 4.02. The minimum absolute atomic E-state index is 0.561. The molecule has 3 atom stereocenters. The van der Waals surface area contributed by atoms with Crippen LogP contribution in [0.5, 0.6) is 0 Å². The Balaban J connectivity index is 1.75. The summed E-state index contributed by atoms with van der Waals surface area (Å²) in [5.74, 6) is 5.19. The van der Waals surface area contributed by atoms with E-state index in [1.807, 2.05) is 0 Å². The van der Waals surface area contributed by atoms with Gasteiger partial charge in [-0.05, 0) is 44.4 Å². The molecule has 2 fully saturated rings. The fourth-order valence-electron chi connectivity index (χ4n) is 3.55. The second-order valence-electron chi connectivity index (χ2n) is 6.66. The SMILES string of the molecule is CCNc1cc(NC2CCC(CC)C2C)nc(C2CC2)n1. The van der Waals surface area contributed by atoms with Crippen molar-refractivity contribution in [2.75, 3.05) is 17.2 Å². The van der Waals surface area contributed by atoms with E-state index in [1.54, 1.807) is 0 Å². The maximum atomic E-state index is 4.76. The van der Waals surface area contributed by atoms with Crippen molar-refractivity contribution < 1.29 is 0 Å². The van der Waals surface area contributed by atoms with E-state index in [9.17, 15) is 0 Å². The van der Waals surface area contributed by atoms with Gasteiger partial charge in [-0.2, -0.15) is 0 Å². The monoisotopic (exact) mass is 288 g/mol. The lowest BCUT2D eigenvalue weighted by atomic mass is 9.93. The Bertz CT molecular complexity index is 484. The van der Waals surface area contributed by atoms with Gasteiger partial charge in [0, 0.05) is 24.6 Å². The van der Waals surface area contributed by atoms with Crippen molar-refractivity contribution in [2.24, 2.45) is 11.8 Å². The maximum absolute atomic E-state index is 4.76. The molecule has 0 amide bonds. The molecule has 0 bridgehead atoms. The highest BCUT2D eigenvalue weighted by molar-refractivity contribution is 5.49. The van der Waals surface area contributed by atoms with Gasteiger partial charge in [-0.1, -0.05) is 20.3 Å². The van der Waals surface area contributed by atoms with Crippen LogP contribution < -0.4 is 10.6 Å². The molecule has 21 heavy (non-hydrogen) atoms. The van der Waals surface area contributed by atoms with Crippen molar-refractivity contribution >= 4 is 11.6 Å². The van der Waals surface area contributed by atoms with Crippen LogP contribution in [0.25, 0.3) is 0 Å². The van der Waals surface area contributed by atoms with Crippen LogP contribution in [0.2, 0.25) is 0 Å². The summed E-state index contributed by atoms with van der Waals surface area (Å²) in [6.07, 6.45) is 6.38.